The molecule has 0 aromatic heterocycles. The van der Waals surface area contributed by atoms with Crippen LogP contribution in [0.3, 0.4) is 0 Å². The third-order valence-electron chi connectivity index (χ3n) is 3.46. The maximum atomic E-state index is 13.9. The van der Waals surface area contributed by atoms with Gasteiger partial charge in [0.25, 0.3) is 0 Å². The van der Waals surface area contributed by atoms with Crippen LogP contribution in [-0.2, 0) is 9.53 Å². The minimum atomic E-state index is -0.898. The van der Waals surface area contributed by atoms with Gasteiger partial charge in [0.1, 0.15) is 22.2 Å². The first-order valence-electron chi connectivity index (χ1n) is 6.65. The number of ether oxygens (including phenoxy) is 2. The van der Waals surface area contributed by atoms with Gasteiger partial charge in [0.2, 0.25) is 0 Å². The van der Waals surface area contributed by atoms with Crippen molar-refractivity contribution >= 4 is 40.6 Å². The van der Waals surface area contributed by atoms with Crippen molar-refractivity contribution in [3.8, 4) is 5.75 Å². The lowest BCUT2D eigenvalue weighted by Gasteiger charge is -2.14. The summed E-state index contributed by atoms with van der Waals surface area (Å²) in [6.45, 7) is 0. The second-order valence-electron chi connectivity index (χ2n) is 4.97. The summed E-state index contributed by atoms with van der Waals surface area (Å²) in [5.41, 5.74) is -0.614. The van der Waals surface area contributed by atoms with Gasteiger partial charge in [0.05, 0.1) is 25.0 Å². The van der Waals surface area contributed by atoms with Gasteiger partial charge in [-0.05, 0) is 18.9 Å². The molecule has 5 nitrogen and oxygen atoms in total. The van der Waals surface area contributed by atoms with Gasteiger partial charge in [-0.15, -0.1) is 0 Å². The Morgan fingerprint density at radius 3 is 2.43 bits per heavy atom. The summed E-state index contributed by atoms with van der Waals surface area (Å²) < 4.78 is 23.5. The van der Waals surface area contributed by atoms with Gasteiger partial charge < -0.3 is 20.0 Å². The molecule has 0 spiro atoms. The van der Waals surface area contributed by atoms with E-state index in [9.17, 15) is 14.3 Å². The number of hydrogen-bond acceptors (Lipinski definition) is 5. The Morgan fingerprint density at radius 1 is 1.35 bits per heavy atom. The molecule has 1 aromatic rings. The number of methoxy groups -OCH3 is 2. The van der Waals surface area contributed by atoms with E-state index in [1.165, 1.54) is 7.11 Å². The topological polar surface area (TPSA) is 79.6 Å². The van der Waals surface area contributed by atoms with E-state index in [-0.39, 0.29) is 38.6 Å². The summed E-state index contributed by atoms with van der Waals surface area (Å²) in [6, 6.07) is 0.881. The number of nitrogens with one attached hydrogen (secondary N) is 1. The highest BCUT2D eigenvalue weighted by Crippen LogP contribution is 2.41. The molecule has 0 unspecified atom stereocenters. The Morgan fingerprint density at radius 2 is 1.96 bits per heavy atom. The van der Waals surface area contributed by atoms with Gasteiger partial charge in [0, 0.05) is 11.5 Å². The zero-order chi connectivity index (χ0) is 17.3. The average Bonchev–Trinajstić information content (AvgIpc) is 3.36. The standard InChI is InChI=1S/C15H14Cl2FNO4/c1-22-14-10(16)7(5-8(18)11(14)17)13(20)9(15(21)23-2)12(19)6-3-4-6/h5-6,19-20H,3-4H2,1-2H3. The third kappa shape index (κ3) is 3.28. The first kappa shape index (κ1) is 17.6. The zero-order valence-electron chi connectivity index (χ0n) is 12.4. The molecule has 1 aliphatic rings. The molecule has 124 valence electrons. The Kier molecular flexibility index (Phi) is 5.16. The summed E-state index contributed by atoms with van der Waals surface area (Å²) in [6.07, 6.45) is 1.47. The number of aliphatic hydroxyl groups is 1. The number of rotatable bonds is 5. The first-order valence-corrected chi connectivity index (χ1v) is 7.41. The molecule has 0 atom stereocenters. The Hall–Kier alpha value is -1.79. The van der Waals surface area contributed by atoms with E-state index in [0.29, 0.717) is 0 Å². The zero-order valence-corrected chi connectivity index (χ0v) is 13.9. The molecule has 8 heteroatoms. The van der Waals surface area contributed by atoms with Crippen molar-refractivity contribution in [2.24, 2.45) is 5.92 Å². The molecule has 0 heterocycles. The van der Waals surface area contributed by atoms with Crippen molar-refractivity contribution in [3.63, 3.8) is 0 Å². The highest BCUT2D eigenvalue weighted by atomic mass is 35.5. The van der Waals surface area contributed by atoms with Crippen LogP contribution in [0.4, 0.5) is 4.39 Å². The fraction of sp³-hybridized carbons (Fsp3) is 0.333. The van der Waals surface area contributed by atoms with E-state index >= 15 is 0 Å². The lowest BCUT2D eigenvalue weighted by atomic mass is 10.0. The summed E-state index contributed by atoms with van der Waals surface area (Å²) in [4.78, 5) is 11.9. The molecule has 0 aliphatic heterocycles. The van der Waals surface area contributed by atoms with Crippen LogP contribution in [0.5, 0.6) is 5.75 Å². The second kappa shape index (κ2) is 6.76. The van der Waals surface area contributed by atoms with E-state index in [4.69, 9.17) is 33.3 Å². The van der Waals surface area contributed by atoms with Crippen LogP contribution in [0, 0.1) is 17.1 Å². The summed E-state index contributed by atoms with van der Waals surface area (Å²) in [5, 5.41) is 18.0. The van der Waals surface area contributed by atoms with Gasteiger partial charge in [-0.1, -0.05) is 23.2 Å². The van der Waals surface area contributed by atoms with Crippen LogP contribution >= 0.6 is 23.2 Å². The van der Waals surface area contributed by atoms with Crippen LogP contribution in [0.25, 0.3) is 5.76 Å². The van der Waals surface area contributed by atoms with Crippen molar-refractivity contribution < 1.29 is 23.8 Å². The van der Waals surface area contributed by atoms with Crippen molar-refractivity contribution in [1.29, 1.82) is 5.41 Å². The predicted molar refractivity (Wildman–Crippen MR) is 85.0 cm³/mol. The van der Waals surface area contributed by atoms with E-state index < -0.39 is 17.5 Å². The molecule has 0 bridgehead atoms. The molecule has 1 aromatic carbocycles. The number of hydrogen-bond donors (Lipinski definition) is 2. The maximum absolute atomic E-state index is 13.9. The Bertz CT molecular complexity index is 714. The molecule has 2 rings (SSSR count). The number of esters is 1. The smallest absolute Gasteiger partial charge is 0.343 e. The molecule has 1 aliphatic carbocycles. The quantitative estimate of drug-likeness (QED) is 0.273. The number of halogens is 3. The monoisotopic (exact) mass is 361 g/mol. The molecule has 0 radical (unpaired) electrons. The number of carbonyl (C=O) groups excluding carboxylic acids is 1. The molecule has 0 saturated heterocycles. The van der Waals surface area contributed by atoms with E-state index in [0.717, 1.165) is 26.0 Å². The number of aliphatic hydroxyl groups excluding tert-OH is 1. The van der Waals surface area contributed by atoms with Gasteiger partial charge in [-0.25, -0.2) is 9.18 Å². The second-order valence-corrected chi connectivity index (χ2v) is 5.73. The van der Waals surface area contributed by atoms with E-state index in [1.807, 2.05) is 0 Å². The molecular weight excluding hydrogens is 348 g/mol. The predicted octanol–water partition coefficient (Wildman–Crippen LogP) is 4.01. The normalized spacial score (nSPS) is 15.0. The first-order chi connectivity index (χ1) is 10.8. The maximum Gasteiger partial charge on any atom is 0.343 e. The average molecular weight is 362 g/mol. The molecule has 0 amide bonds. The van der Waals surface area contributed by atoms with Gasteiger partial charge in [-0.3, -0.25) is 0 Å². The Labute approximate surface area is 142 Å². The van der Waals surface area contributed by atoms with Crippen molar-refractivity contribution in [2.45, 2.75) is 12.8 Å². The molecule has 23 heavy (non-hydrogen) atoms. The lowest BCUT2D eigenvalue weighted by Crippen LogP contribution is -2.18. The lowest BCUT2D eigenvalue weighted by molar-refractivity contribution is -0.135. The summed E-state index contributed by atoms with van der Waals surface area (Å²) >= 11 is 11.8. The molecule has 1 saturated carbocycles. The van der Waals surface area contributed by atoms with E-state index in [1.54, 1.807) is 0 Å². The molecule has 2 N–H and O–H groups in total. The highest BCUT2D eigenvalue weighted by Gasteiger charge is 2.35. The minimum Gasteiger partial charge on any atom is -0.506 e. The van der Waals surface area contributed by atoms with Crippen LogP contribution in [-0.4, -0.2) is 31.0 Å². The van der Waals surface area contributed by atoms with Gasteiger partial charge in [-0.2, -0.15) is 0 Å². The van der Waals surface area contributed by atoms with Crippen LogP contribution in [0.15, 0.2) is 11.6 Å². The molecular formula is C15H14Cl2FNO4. The Balaban J connectivity index is 2.67. The number of benzene rings is 1. The summed E-state index contributed by atoms with van der Waals surface area (Å²) in [7, 11) is 2.37. The van der Waals surface area contributed by atoms with Crippen LogP contribution in [0.2, 0.25) is 10.0 Å². The van der Waals surface area contributed by atoms with Crippen molar-refractivity contribution in [1.82, 2.24) is 0 Å². The van der Waals surface area contributed by atoms with Gasteiger partial charge >= 0.3 is 5.97 Å². The third-order valence-corrected chi connectivity index (χ3v) is 4.18. The highest BCUT2D eigenvalue weighted by molar-refractivity contribution is 6.38. The number of carbonyl (C=O) groups is 1. The van der Waals surface area contributed by atoms with Crippen molar-refractivity contribution in [2.75, 3.05) is 14.2 Å². The fourth-order valence-electron chi connectivity index (χ4n) is 2.08. The summed E-state index contributed by atoms with van der Waals surface area (Å²) in [5.74, 6) is -2.73. The van der Waals surface area contributed by atoms with Gasteiger partial charge in [0.15, 0.2) is 5.75 Å². The minimum absolute atomic E-state index is 0.0697. The largest absolute Gasteiger partial charge is 0.506 e. The van der Waals surface area contributed by atoms with Crippen LogP contribution in [0.1, 0.15) is 18.4 Å². The SMILES string of the molecule is COC(=O)C(C(=N)C1CC1)=C(O)c1cc(F)c(Cl)c(OC)c1Cl. The van der Waals surface area contributed by atoms with Crippen LogP contribution < -0.4 is 4.74 Å². The van der Waals surface area contributed by atoms with Crippen molar-refractivity contribution in [3.05, 3.63) is 33.1 Å². The fourth-order valence-corrected chi connectivity index (χ4v) is 2.67. The van der Waals surface area contributed by atoms with E-state index in [2.05, 4.69) is 4.74 Å². The molecule has 1 fully saturated rings.